The van der Waals surface area contributed by atoms with Gasteiger partial charge in [0.1, 0.15) is 5.75 Å². The average Bonchev–Trinajstić information content (AvgIpc) is 2.82. The molecule has 1 saturated heterocycles. The highest BCUT2D eigenvalue weighted by atomic mass is 35.5. The van der Waals surface area contributed by atoms with E-state index >= 15 is 0 Å². The van der Waals surface area contributed by atoms with Crippen molar-refractivity contribution >= 4 is 33.9 Å². The topological polar surface area (TPSA) is 84.7 Å². The Kier molecular flexibility index (Phi) is 6.66. The van der Waals surface area contributed by atoms with Gasteiger partial charge in [0, 0.05) is 49.9 Å². The molecule has 0 saturated carbocycles. The quantitative estimate of drug-likeness (QED) is 0.592. The van der Waals surface area contributed by atoms with Gasteiger partial charge in [-0.3, -0.25) is 4.98 Å². The van der Waals surface area contributed by atoms with E-state index in [0.717, 1.165) is 54.0 Å². The lowest BCUT2D eigenvalue weighted by atomic mass is 10.0. The zero-order chi connectivity index (χ0) is 22.7. The zero-order valence-corrected chi connectivity index (χ0v) is 19.0. The monoisotopic (exact) mass is 451 g/mol. The van der Waals surface area contributed by atoms with E-state index in [0.29, 0.717) is 28.4 Å². The van der Waals surface area contributed by atoms with Crippen LogP contribution in [0.4, 0.5) is 11.4 Å². The fourth-order valence-corrected chi connectivity index (χ4v) is 4.30. The molecule has 2 aromatic carbocycles. The molecule has 1 aliphatic rings. The summed E-state index contributed by atoms with van der Waals surface area (Å²) in [4.78, 5) is 9.24. The third kappa shape index (κ3) is 4.44. The van der Waals surface area contributed by atoms with E-state index in [-0.39, 0.29) is 6.61 Å². The van der Waals surface area contributed by atoms with E-state index in [2.05, 4.69) is 33.2 Å². The molecule has 1 aromatic heterocycles. The van der Waals surface area contributed by atoms with Crippen LogP contribution in [0.1, 0.15) is 16.7 Å². The normalized spacial score (nSPS) is 14.4. The Morgan fingerprint density at radius 1 is 1.22 bits per heavy atom. The predicted molar refractivity (Wildman–Crippen MR) is 127 cm³/mol. The largest absolute Gasteiger partial charge is 0.495 e. The second kappa shape index (κ2) is 9.61. The van der Waals surface area contributed by atoms with Gasteiger partial charge in [-0.25, -0.2) is 0 Å². The smallest absolute Gasteiger partial charge is 0.137 e. The molecule has 166 valence electrons. The first-order valence-corrected chi connectivity index (χ1v) is 10.9. The van der Waals surface area contributed by atoms with Gasteiger partial charge >= 0.3 is 0 Å². The molecular weight excluding hydrogens is 426 g/mol. The van der Waals surface area contributed by atoms with Crippen molar-refractivity contribution in [1.82, 2.24) is 9.88 Å². The van der Waals surface area contributed by atoms with E-state index in [9.17, 15) is 10.4 Å². The van der Waals surface area contributed by atoms with Gasteiger partial charge in [-0.2, -0.15) is 5.26 Å². The third-order valence-corrected chi connectivity index (χ3v) is 6.15. The lowest BCUT2D eigenvalue weighted by Crippen LogP contribution is -2.44. The fourth-order valence-electron chi connectivity index (χ4n) is 4.02. The van der Waals surface area contributed by atoms with Crippen LogP contribution in [-0.2, 0) is 13.2 Å². The van der Waals surface area contributed by atoms with Gasteiger partial charge < -0.3 is 25.0 Å². The molecule has 1 aliphatic heterocycles. The van der Waals surface area contributed by atoms with Crippen LogP contribution < -0.4 is 15.0 Å². The Hall–Kier alpha value is -3.05. The second-order valence-corrected chi connectivity index (χ2v) is 8.34. The number of piperazine rings is 1. The van der Waals surface area contributed by atoms with Gasteiger partial charge in [0.15, 0.2) is 0 Å². The Morgan fingerprint density at radius 2 is 2.00 bits per heavy atom. The van der Waals surface area contributed by atoms with Crippen molar-refractivity contribution in [3.05, 3.63) is 58.2 Å². The average molecular weight is 452 g/mol. The van der Waals surface area contributed by atoms with E-state index < -0.39 is 0 Å². The van der Waals surface area contributed by atoms with Crippen LogP contribution in [0.3, 0.4) is 0 Å². The van der Waals surface area contributed by atoms with Crippen LogP contribution in [0.5, 0.6) is 5.75 Å². The summed E-state index contributed by atoms with van der Waals surface area (Å²) in [5, 5.41) is 24.4. The molecule has 0 amide bonds. The number of nitriles is 1. The second-order valence-electron chi connectivity index (χ2n) is 7.93. The molecule has 0 aliphatic carbocycles. The number of methoxy groups -OCH3 is 1. The van der Waals surface area contributed by atoms with Gasteiger partial charge in [0.05, 0.1) is 47.3 Å². The first-order valence-electron chi connectivity index (χ1n) is 10.5. The number of nitrogens with one attached hydrogen (secondary N) is 1. The number of aliphatic hydroxyl groups is 1. The number of aliphatic hydroxyl groups excluding tert-OH is 1. The molecule has 0 unspecified atom stereocenters. The molecule has 2 N–H and O–H groups in total. The molecular formula is C24H26ClN5O2. The van der Waals surface area contributed by atoms with Crippen LogP contribution in [-0.4, -0.2) is 55.3 Å². The standard InChI is InChI=1S/C24H26ClN5O2/c1-29-5-7-30(8-6-29)21-11-17(12-26)9-19-23(18(15-31)14-28-24(19)21)27-13-16-3-4-22(32-2)20(25)10-16/h3-4,9-11,14,31H,5-8,13,15H2,1-2H3,(H,27,28). The maximum atomic E-state index is 9.96. The molecule has 4 rings (SSSR count). The minimum Gasteiger partial charge on any atom is -0.495 e. The van der Waals surface area contributed by atoms with E-state index in [1.54, 1.807) is 13.3 Å². The zero-order valence-electron chi connectivity index (χ0n) is 18.2. The van der Waals surface area contributed by atoms with Gasteiger partial charge in [-0.15, -0.1) is 0 Å². The highest BCUT2D eigenvalue weighted by Gasteiger charge is 2.20. The number of rotatable bonds is 6. The lowest BCUT2D eigenvalue weighted by molar-refractivity contribution is 0.282. The summed E-state index contributed by atoms with van der Waals surface area (Å²) in [7, 11) is 3.70. The lowest BCUT2D eigenvalue weighted by Gasteiger charge is -2.34. The van der Waals surface area contributed by atoms with Crippen molar-refractivity contribution in [2.45, 2.75) is 13.2 Å². The Labute approximate surface area is 192 Å². The van der Waals surface area contributed by atoms with Gasteiger partial charge in [-0.05, 0) is 36.9 Å². The highest BCUT2D eigenvalue weighted by molar-refractivity contribution is 6.32. The van der Waals surface area contributed by atoms with E-state index in [1.165, 1.54) is 0 Å². The van der Waals surface area contributed by atoms with Crippen LogP contribution in [0.15, 0.2) is 36.5 Å². The number of anilines is 2. The van der Waals surface area contributed by atoms with Gasteiger partial charge in [0.2, 0.25) is 0 Å². The third-order valence-electron chi connectivity index (χ3n) is 5.86. The molecule has 0 spiro atoms. The highest BCUT2D eigenvalue weighted by Crippen LogP contribution is 2.35. The minimum absolute atomic E-state index is 0.157. The summed E-state index contributed by atoms with van der Waals surface area (Å²) >= 11 is 6.27. The number of hydrogen-bond acceptors (Lipinski definition) is 7. The van der Waals surface area contributed by atoms with Crippen LogP contribution in [0, 0.1) is 11.3 Å². The minimum atomic E-state index is -0.157. The number of aromatic nitrogens is 1. The number of nitrogens with zero attached hydrogens (tertiary/aromatic N) is 4. The summed E-state index contributed by atoms with van der Waals surface area (Å²) in [5.74, 6) is 0.622. The van der Waals surface area contributed by atoms with Crippen molar-refractivity contribution in [2.24, 2.45) is 0 Å². The number of ether oxygens (including phenoxy) is 1. The summed E-state index contributed by atoms with van der Waals surface area (Å²) < 4.78 is 5.23. The predicted octanol–water partition coefficient (Wildman–Crippen LogP) is 3.62. The SMILES string of the molecule is COc1ccc(CNc2c(CO)cnc3c(N4CCN(C)CC4)cc(C#N)cc23)cc1Cl. The van der Waals surface area contributed by atoms with Crippen molar-refractivity contribution < 1.29 is 9.84 Å². The molecule has 8 heteroatoms. The molecule has 7 nitrogen and oxygen atoms in total. The molecule has 1 fully saturated rings. The Balaban J connectivity index is 1.74. The molecule has 2 heterocycles. The summed E-state index contributed by atoms with van der Waals surface area (Å²) in [5.41, 5.74) is 4.76. The van der Waals surface area contributed by atoms with Crippen molar-refractivity contribution in [1.29, 1.82) is 5.26 Å². The van der Waals surface area contributed by atoms with Crippen LogP contribution in [0.2, 0.25) is 5.02 Å². The van der Waals surface area contributed by atoms with Crippen molar-refractivity contribution in [3.8, 4) is 11.8 Å². The first-order chi connectivity index (χ1) is 15.5. The maximum Gasteiger partial charge on any atom is 0.137 e. The molecule has 0 radical (unpaired) electrons. The first kappa shape index (κ1) is 22.2. The maximum absolute atomic E-state index is 9.96. The molecule has 0 bridgehead atoms. The number of fused-ring (bicyclic) bond motifs is 1. The number of hydrogen-bond donors (Lipinski definition) is 2. The van der Waals surface area contributed by atoms with Crippen molar-refractivity contribution in [3.63, 3.8) is 0 Å². The Morgan fingerprint density at radius 3 is 2.66 bits per heavy atom. The van der Waals surface area contributed by atoms with Crippen LogP contribution >= 0.6 is 11.6 Å². The van der Waals surface area contributed by atoms with Gasteiger partial charge in [-0.1, -0.05) is 17.7 Å². The number of likely N-dealkylation sites (N-methyl/N-ethyl adjacent to an activating group) is 1. The molecule has 32 heavy (non-hydrogen) atoms. The van der Waals surface area contributed by atoms with E-state index in [1.807, 2.05) is 30.3 Å². The number of pyridine rings is 1. The van der Waals surface area contributed by atoms with Crippen LogP contribution in [0.25, 0.3) is 10.9 Å². The summed E-state index contributed by atoms with van der Waals surface area (Å²) in [6, 6.07) is 11.6. The summed E-state index contributed by atoms with van der Waals surface area (Å²) in [6.45, 7) is 3.99. The number of halogens is 1. The molecule has 3 aromatic rings. The molecule has 0 atom stereocenters. The van der Waals surface area contributed by atoms with Gasteiger partial charge in [0.25, 0.3) is 0 Å². The summed E-state index contributed by atoms with van der Waals surface area (Å²) in [6.07, 6.45) is 1.71. The van der Waals surface area contributed by atoms with Crippen molar-refractivity contribution in [2.75, 3.05) is 50.6 Å². The number of benzene rings is 2. The Bertz CT molecular complexity index is 1170. The fraction of sp³-hybridized carbons (Fsp3) is 0.333. The van der Waals surface area contributed by atoms with E-state index in [4.69, 9.17) is 16.3 Å².